The van der Waals surface area contributed by atoms with E-state index in [4.69, 9.17) is 16.6 Å². The largest absolute Gasteiger partial charge is 0.301 e. The Kier molecular flexibility index (Phi) is 6.48. The van der Waals surface area contributed by atoms with E-state index in [1.165, 1.54) is 36.7 Å². The number of thiazole rings is 1. The molecule has 2 aromatic carbocycles. The summed E-state index contributed by atoms with van der Waals surface area (Å²) in [5.41, 5.74) is 2.84. The molecular formula is C24H22ClN5OS2. The Morgan fingerprint density at radius 3 is 2.73 bits per heavy atom. The Hall–Kier alpha value is -2.68. The average molecular weight is 496 g/mol. The van der Waals surface area contributed by atoms with Crippen LogP contribution in [0, 0.1) is 0 Å². The third kappa shape index (κ3) is 5.13. The van der Waals surface area contributed by atoms with E-state index in [0.29, 0.717) is 27.5 Å². The van der Waals surface area contributed by atoms with E-state index < -0.39 is 0 Å². The predicted octanol–water partition coefficient (Wildman–Crippen LogP) is 6.29. The van der Waals surface area contributed by atoms with Crippen LogP contribution >= 0.6 is 34.7 Å². The van der Waals surface area contributed by atoms with Crippen molar-refractivity contribution < 1.29 is 4.79 Å². The smallest absolute Gasteiger partial charge is 0.230 e. The SMILES string of the molecule is CC(=O)N(c1cccc(Cl)c1)c1nc(CSc2nnc(C3CC3)n2Cc2ccccc2)cs1. The first kappa shape index (κ1) is 22.1. The van der Waals surface area contributed by atoms with Crippen molar-refractivity contribution in [1.82, 2.24) is 19.7 Å². The van der Waals surface area contributed by atoms with Gasteiger partial charge >= 0.3 is 0 Å². The van der Waals surface area contributed by atoms with E-state index in [1.54, 1.807) is 28.8 Å². The zero-order valence-corrected chi connectivity index (χ0v) is 20.4. The number of aromatic nitrogens is 4. The topological polar surface area (TPSA) is 63.9 Å². The Morgan fingerprint density at radius 2 is 2.00 bits per heavy atom. The van der Waals surface area contributed by atoms with Gasteiger partial charge in [0.25, 0.3) is 0 Å². The number of rotatable bonds is 8. The van der Waals surface area contributed by atoms with E-state index in [2.05, 4.69) is 39.0 Å². The minimum Gasteiger partial charge on any atom is -0.301 e. The molecule has 1 saturated carbocycles. The fraction of sp³-hybridized carbons (Fsp3) is 0.250. The highest BCUT2D eigenvalue weighted by atomic mass is 35.5. The average Bonchev–Trinajstić information content (AvgIpc) is 3.42. The maximum Gasteiger partial charge on any atom is 0.230 e. The molecule has 0 bridgehead atoms. The second kappa shape index (κ2) is 9.67. The lowest BCUT2D eigenvalue weighted by molar-refractivity contribution is -0.115. The number of anilines is 2. The summed E-state index contributed by atoms with van der Waals surface area (Å²) in [5.74, 6) is 2.13. The predicted molar refractivity (Wildman–Crippen MR) is 133 cm³/mol. The van der Waals surface area contributed by atoms with E-state index >= 15 is 0 Å². The summed E-state index contributed by atoms with van der Waals surface area (Å²) < 4.78 is 2.23. The third-order valence-electron chi connectivity index (χ3n) is 5.33. The number of carbonyl (C=O) groups excluding carboxylic acids is 1. The standard InChI is InChI=1S/C24H22ClN5OS2/c1-16(31)30(21-9-5-8-19(25)12-21)23-26-20(14-32-23)15-33-24-28-27-22(18-10-11-18)29(24)13-17-6-3-2-4-7-17/h2-9,12,14,18H,10-11,13,15H2,1H3. The zero-order chi connectivity index (χ0) is 22.8. The first-order valence-electron chi connectivity index (χ1n) is 10.7. The van der Waals surface area contributed by atoms with Gasteiger partial charge in [0.15, 0.2) is 10.3 Å². The summed E-state index contributed by atoms with van der Waals surface area (Å²) in [6.45, 7) is 2.29. The van der Waals surface area contributed by atoms with E-state index in [0.717, 1.165) is 23.2 Å². The van der Waals surface area contributed by atoms with Gasteiger partial charge < -0.3 is 4.57 Å². The molecule has 5 rings (SSSR count). The molecule has 0 radical (unpaired) electrons. The minimum absolute atomic E-state index is 0.109. The summed E-state index contributed by atoms with van der Waals surface area (Å²) in [6.07, 6.45) is 2.36. The molecule has 0 N–H and O–H groups in total. The van der Waals surface area contributed by atoms with Crippen LogP contribution in [0.15, 0.2) is 65.1 Å². The third-order valence-corrected chi connectivity index (χ3v) is 7.44. The maximum atomic E-state index is 12.4. The van der Waals surface area contributed by atoms with Crippen molar-refractivity contribution >= 4 is 51.4 Å². The van der Waals surface area contributed by atoms with Gasteiger partial charge in [-0.15, -0.1) is 21.5 Å². The highest BCUT2D eigenvalue weighted by Gasteiger charge is 2.30. The molecule has 0 atom stereocenters. The van der Waals surface area contributed by atoms with Gasteiger partial charge in [-0.25, -0.2) is 4.98 Å². The Balaban J connectivity index is 1.34. The fourth-order valence-corrected chi connectivity index (χ4v) is 5.63. The van der Waals surface area contributed by atoms with Crippen LogP contribution in [0.4, 0.5) is 10.8 Å². The molecule has 1 aliphatic carbocycles. The molecule has 0 aliphatic heterocycles. The molecular weight excluding hydrogens is 474 g/mol. The molecule has 1 amide bonds. The van der Waals surface area contributed by atoms with E-state index in [9.17, 15) is 4.79 Å². The second-order valence-corrected chi connectivity index (χ2v) is 10.1. The van der Waals surface area contributed by atoms with E-state index in [1.807, 2.05) is 23.6 Å². The summed E-state index contributed by atoms with van der Waals surface area (Å²) in [5, 5.41) is 13.1. The minimum atomic E-state index is -0.109. The van der Waals surface area contributed by atoms with Crippen LogP contribution in [0.2, 0.25) is 5.02 Å². The van der Waals surface area contributed by atoms with Gasteiger partial charge in [-0.2, -0.15) is 0 Å². The number of carbonyl (C=O) groups is 1. The van der Waals surface area contributed by atoms with Crippen molar-refractivity contribution in [2.24, 2.45) is 0 Å². The molecule has 1 aliphatic rings. The van der Waals surface area contributed by atoms with Gasteiger partial charge in [0.2, 0.25) is 5.91 Å². The number of amides is 1. The molecule has 168 valence electrons. The van der Waals surface area contributed by atoms with Crippen LogP contribution in [0.1, 0.15) is 42.8 Å². The van der Waals surface area contributed by atoms with Crippen LogP contribution in [-0.2, 0) is 17.1 Å². The summed E-state index contributed by atoms with van der Waals surface area (Å²) in [4.78, 5) is 18.7. The highest BCUT2D eigenvalue weighted by molar-refractivity contribution is 7.98. The van der Waals surface area contributed by atoms with Gasteiger partial charge in [0, 0.05) is 29.0 Å². The fourth-order valence-electron chi connectivity index (χ4n) is 3.61. The van der Waals surface area contributed by atoms with Gasteiger partial charge in [-0.1, -0.05) is 59.8 Å². The van der Waals surface area contributed by atoms with Crippen LogP contribution in [0.25, 0.3) is 0 Å². The second-order valence-electron chi connectivity index (χ2n) is 7.93. The number of hydrogen-bond donors (Lipinski definition) is 0. The highest BCUT2D eigenvalue weighted by Crippen LogP contribution is 2.40. The number of nitrogens with zero attached hydrogens (tertiary/aromatic N) is 5. The van der Waals surface area contributed by atoms with Crippen LogP contribution in [-0.4, -0.2) is 25.7 Å². The molecule has 2 aromatic heterocycles. The molecule has 0 spiro atoms. The lowest BCUT2D eigenvalue weighted by Crippen LogP contribution is -2.22. The summed E-state index contributed by atoms with van der Waals surface area (Å²) in [6, 6.07) is 17.6. The van der Waals surface area contributed by atoms with Crippen molar-refractivity contribution in [2.75, 3.05) is 4.90 Å². The van der Waals surface area contributed by atoms with Gasteiger partial charge in [0.05, 0.1) is 17.9 Å². The monoisotopic (exact) mass is 495 g/mol. The first-order valence-corrected chi connectivity index (χ1v) is 12.9. The van der Waals surface area contributed by atoms with Gasteiger partial charge in [-0.05, 0) is 36.6 Å². The van der Waals surface area contributed by atoms with Crippen LogP contribution < -0.4 is 4.90 Å². The zero-order valence-electron chi connectivity index (χ0n) is 18.0. The van der Waals surface area contributed by atoms with Crippen molar-refractivity contribution in [3.8, 4) is 0 Å². The lowest BCUT2D eigenvalue weighted by atomic mass is 10.2. The van der Waals surface area contributed by atoms with Crippen molar-refractivity contribution in [3.63, 3.8) is 0 Å². The normalized spacial score (nSPS) is 13.3. The summed E-state index contributed by atoms with van der Waals surface area (Å²) >= 11 is 9.20. The van der Waals surface area contributed by atoms with Crippen molar-refractivity contribution in [3.05, 3.63) is 82.1 Å². The Labute approximate surface area is 205 Å². The molecule has 0 saturated heterocycles. The lowest BCUT2D eigenvalue weighted by Gasteiger charge is -2.18. The molecule has 2 heterocycles. The molecule has 4 aromatic rings. The number of benzene rings is 2. The molecule has 1 fully saturated rings. The maximum absolute atomic E-state index is 12.4. The molecule has 6 nitrogen and oxygen atoms in total. The van der Waals surface area contributed by atoms with Crippen molar-refractivity contribution in [1.29, 1.82) is 0 Å². The number of halogens is 1. The molecule has 9 heteroatoms. The molecule has 0 unspecified atom stereocenters. The quantitative estimate of drug-likeness (QED) is 0.269. The van der Waals surface area contributed by atoms with Crippen LogP contribution in [0.3, 0.4) is 0 Å². The summed E-state index contributed by atoms with van der Waals surface area (Å²) in [7, 11) is 0. The number of hydrogen-bond acceptors (Lipinski definition) is 6. The van der Waals surface area contributed by atoms with Gasteiger partial charge in [-0.3, -0.25) is 9.69 Å². The first-order chi connectivity index (χ1) is 16.1. The van der Waals surface area contributed by atoms with Crippen LogP contribution in [0.5, 0.6) is 0 Å². The molecule has 33 heavy (non-hydrogen) atoms. The Morgan fingerprint density at radius 1 is 1.18 bits per heavy atom. The van der Waals surface area contributed by atoms with Crippen molar-refractivity contribution in [2.45, 2.75) is 43.1 Å². The van der Waals surface area contributed by atoms with Gasteiger partial charge in [0.1, 0.15) is 5.82 Å². The number of thioether (sulfide) groups is 1. The Bertz CT molecular complexity index is 1270. The van der Waals surface area contributed by atoms with E-state index in [-0.39, 0.29) is 5.91 Å².